The first kappa shape index (κ1) is 16.3. The van der Waals surface area contributed by atoms with Gasteiger partial charge in [0.15, 0.2) is 0 Å². The van der Waals surface area contributed by atoms with Gasteiger partial charge in [0, 0.05) is 16.6 Å². The zero-order valence-corrected chi connectivity index (χ0v) is 13.5. The lowest BCUT2D eigenvalue weighted by Gasteiger charge is -2.18. The molecular weight excluding hydrogens is 330 g/mol. The van der Waals surface area contributed by atoms with Crippen LogP contribution in [0.1, 0.15) is 34.9 Å². The second-order valence-electron chi connectivity index (χ2n) is 5.64. The molecule has 1 amide bonds. The lowest BCUT2D eigenvalue weighted by molar-refractivity contribution is -0.130. The molecule has 124 valence electrons. The van der Waals surface area contributed by atoms with E-state index in [1.807, 2.05) is 6.07 Å². The van der Waals surface area contributed by atoms with Crippen molar-refractivity contribution in [3.05, 3.63) is 64.7 Å². The Morgan fingerprint density at radius 2 is 1.88 bits per heavy atom. The molecule has 0 unspecified atom stereocenters. The van der Waals surface area contributed by atoms with Crippen LogP contribution in [0.4, 0.5) is 0 Å². The van der Waals surface area contributed by atoms with Crippen molar-refractivity contribution in [2.75, 3.05) is 0 Å². The molecule has 1 fully saturated rings. The van der Waals surface area contributed by atoms with Crippen LogP contribution in [0.5, 0.6) is 5.75 Å². The maximum absolute atomic E-state index is 12.4. The van der Waals surface area contributed by atoms with Crippen LogP contribution < -0.4 is 5.32 Å². The fourth-order valence-corrected chi connectivity index (χ4v) is 2.42. The molecule has 3 rings (SSSR count). The van der Waals surface area contributed by atoms with Gasteiger partial charge in [-0.2, -0.15) is 0 Å². The molecule has 0 aromatic heterocycles. The highest BCUT2D eigenvalue weighted by atomic mass is 35.5. The number of carbonyl (C=O) groups excluding carboxylic acids is 2. The first-order chi connectivity index (χ1) is 11.5. The number of benzene rings is 2. The van der Waals surface area contributed by atoms with E-state index in [0.29, 0.717) is 10.6 Å². The van der Waals surface area contributed by atoms with Crippen molar-refractivity contribution in [3.8, 4) is 5.75 Å². The van der Waals surface area contributed by atoms with E-state index in [9.17, 15) is 14.7 Å². The lowest BCUT2D eigenvalue weighted by atomic mass is 10.1. The predicted molar refractivity (Wildman–Crippen MR) is 88.9 cm³/mol. The molecule has 0 saturated heterocycles. The number of nitrogens with one attached hydrogen (secondary N) is 1. The van der Waals surface area contributed by atoms with Gasteiger partial charge in [-0.3, -0.25) is 4.79 Å². The van der Waals surface area contributed by atoms with Gasteiger partial charge < -0.3 is 15.2 Å². The fourth-order valence-electron chi connectivity index (χ4n) is 2.25. The molecule has 2 N–H and O–H groups in total. The van der Waals surface area contributed by atoms with Gasteiger partial charge in [0.25, 0.3) is 5.91 Å². The van der Waals surface area contributed by atoms with E-state index < -0.39 is 12.1 Å². The molecule has 0 heterocycles. The van der Waals surface area contributed by atoms with E-state index in [1.54, 1.807) is 24.3 Å². The highest BCUT2D eigenvalue weighted by Crippen LogP contribution is 2.27. The quantitative estimate of drug-likeness (QED) is 0.816. The van der Waals surface area contributed by atoms with E-state index in [2.05, 4.69) is 5.32 Å². The molecule has 0 bridgehead atoms. The van der Waals surface area contributed by atoms with E-state index in [-0.39, 0.29) is 23.3 Å². The maximum atomic E-state index is 12.4. The first-order valence-corrected chi connectivity index (χ1v) is 7.97. The Balaban J connectivity index is 1.84. The average Bonchev–Trinajstić information content (AvgIpc) is 3.39. The molecule has 24 heavy (non-hydrogen) atoms. The molecule has 1 aliphatic carbocycles. The summed E-state index contributed by atoms with van der Waals surface area (Å²) in [6.07, 6.45) is 0.768. The number of rotatable bonds is 5. The van der Waals surface area contributed by atoms with Crippen molar-refractivity contribution in [3.63, 3.8) is 0 Å². The largest absolute Gasteiger partial charge is 0.507 e. The molecule has 1 atom stereocenters. The van der Waals surface area contributed by atoms with Gasteiger partial charge >= 0.3 is 5.97 Å². The SMILES string of the molecule is O=C(O[C@@H](C(=O)NC1CC1)c1ccccc1)c1cc(Cl)ccc1O. The zero-order chi connectivity index (χ0) is 17.1. The minimum atomic E-state index is -1.09. The molecule has 6 heteroatoms. The number of esters is 1. The van der Waals surface area contributed by atoms with Crippen molar-refractivity contribution in [1.29, 1.82) is 0 Å². The summed E-state index contributed by atoms with van der Waals surface area (Å²) in [4.78, 5) is 24.8. The molecule has 0 spiro atoms. The third-order valence-corrected chi connectivity index (χ3v) is 3.90. The number of phenolic OH excluding ortho intramolecular Hbond substituents is 1. The van der Waals surface area contributed by atoms with E-state index in [4.69, 9.17) is 16.3 Å². The Hall–Kier alpha value is -2.53. The highest BCUT2D eigenvalue weighted by molar-refractivity contribution is 6.31. The van der Waals surface area contributed by atoms with E-state index >= 15 is 0 Å². The molecule has 0 aliphatic heterocycles. The number of hydrogen-bond donors (Lipinski definition) is 2. The monoisotopic (exact) mass is 345 g/mol. The molecular formula is C18H16ClNO4. The number of ether oxygens (including phenoxy) is 1. The second-order valence-corrected chi connectivity index (χ2v) is 6.08. The van der Waals surface area contributed by atoms with Crippen LogP contribution in [0.3, 0.4) is 0 Å². The zero-order valence-electron chi connectivity index (χ0n) is 12.7. The Morgan fingerprint density at radius 3 is 2.54 bits per heavy atom. The smallest absolute Gasteiger partial charge is 0.343 e. The van der Waals surface area contributed by atoms with Crippen LogP contribution in [-0.4, -0.2) is 23.0 Å². The van der Waals surface area contributed by atoms with E-state index in [1.165, 1.54) is 18.2 Å². The van der Waals surface area contributed by atoms with Crippen molar-refractivity contribution in [2.24, 2.45) is 0 Å². The lowest BCUT2D eigenvalue weighted by Crippen LogP contribution is -2.33. The summed E-state index contributed by atoms with van der Waals surface area (Å²) in [6.45, 7) is 0. The van der Waals surface area contributed by atoms with Crippen LogP contribution in [-0.2, 0) is 9.53 Å². The van der Waals surface area contributed by atoms with Crippen LogP contribution in [0, 0.1) is 0 Å². The van der Waals surface area contributed by atoms with Gasteiger partial charge in [0.2, 0.25) is 6.10 Å². The highest BCUT2D eigenvalue weighted by Gasteiger charge is 2.31. The average molecular weight is 346 g/mol. The molecule has 2 aromatic rings. The topological polar surface area (TPSA) is 75.6 Å². The van der Waals surface area contributed by atoms with Gasteiger partial charge in [-0.05, 0) is 31.0 Å². The van der Waals surface area contributed by atoms with Gasteiger partial charge in [0.05, 0.1) is 0 Å². The minimum Gasteiger partial charge on any atom is -0.507 e. The molecule has 2 aromatic carbocycles. The van der Waals surface area contributed by atoms with Crippen molar-refractivity contribution < 1.29 is 19.4 Å². The third-order valence-electron chi connectivity index (χ3n) is 3.67. The third kappa shape index (κ3) is 3.86. The molecule has 1 saturated carbocycles. The second kappa shape index (κ2) is 6.93. The van der Waals surface area contributed by atoms with Crippen LogP contribution in [0.25, 0.3) is 0 Å². The summed E-state index contributed by atoms with van der Waals surface area (Å²) in [5, 5.41) is 12.9. The van der Waals surface area contributed by atoms with Crippen molar-refractivity contribution >= 4 is 23.5 Å². The summed E-state index contributed by atoms with van der Waals surface area (Å²) >= 11 is 5.86. The van der Waals surface area contributed by atoms with Crippen molar-refractivity contribution in [2.45, 2.75) is 25.0 Å². The Labute approximate surface area is 144 Å². The standard InChI is InChI=1S/C18H16ClNO4/c19-12-6-9-15(21)14(10-12)18(23)24-16(11-4-2-1-3-5-11)17(22)20-13-7-8-13/h1-6,9-10,13,16,21H,7-8H2,(H,20,22)/t16-/m1/s1. The molecule has 5 nitrogen and oxygen atoms in total. The minimum absolute atomic E-state index is 0.0809. The summed E-state index contributed by atoms with van der Waals surface area (Å²) in [7, 11) is 0. The Morgan fingerprint density at radius 1 is 1.17 bits per heavy atom. The Kier molecular flexibility index (Phi) is 4.71. The van der Waals surface area contributed by atoms with Gasteiger partial charge in [-0.15, -0.1) is 0 Å². The van der Waals surface area contributed by atoms with Crippen LogP contribution in [0.2, 0.25) is 5.02 Å². The van der Waals surface area contributed by atoms with Crippen molar-refractivity contribution in [1.82, 2.24) is 5.32 Å². The Bertz CT molecular complexity index is 759. The molecule has 0 radical (unpaired) electrons. The maximum Gasteiger partial charge on any atom is 0.343 e. The van der Waals surface area contributed by atoms with Gasteiger partial charge in [-0.1, -0.05) is 41.9 Å². The predicted octanol–water partition coefficient (Wildman–Crippen LogP) is 3.22. The van der Waals surface area contributed by atoms with Crippen LogP contribution in [0.15, 0.2) is 48.5 Å². The number of hydrogen-bond acceptors (Lipinski definition) is 4. The summed E-state index contributed by atoms with van der Waals surface area (Å²) in [5.41, 5.74) is 0.480. The molecule has 1 aliphatic rings. The number of aromatic hydroxyl groups is 1. The number of carbonyl (C=O) groups is 2. The summed E-state index contributed by atoms with van der Waals surface area (Å²) < 4.78 is 5.38. The summed E-state index contributed by atoms with van der Waals surface area (Å²) in [6, 6.07) is 13.0. The first-order valence-electron chi connectivity index (χ1n) is 7.59. The number of phenols is 1. The number of amides is 1. The normalized spacial score (nSPS) is 14.7. The fraction of sp³-hybridized carbons (Fsp3) is 0.222. The van der Waals surface area contributed by atoms with Gasteiger partial charge in [0.1, 0.15) is 11.3 Å². The van der Waals surface area contributed by atoms with E-state index in [0.717, 1.165) is 12.8 Å². The van der Waals surface area contributed by atoms with Gasteiger partial charge in [-0.25, -0.2) is 4.79 Å². The summed E-state index contributed by atoms with van der Waals surface area (Å²) in [5.74, 6) is -1.44. The number of halogens is 1. The van der Waals surface area contributed by atoms with Crippen LogP contribution >= 0.6 is 11.6 Å².